The van der Waals surface area contributed by atoms with E-state index in [2.05, 4.69) is 10.2 Å². The Balaban J connectivity index is 1.48. The van der Waals surface area contributed by atoms with Gasteiger partial charge in [0.15, 0.2) is 0 Å². The van der Waals surface area contributed by atoms with Gasteiger partial charge in [0, 0.05) is 43.2 Å². The Morgan fingerprint density at radius 3 is 2.47 bits per heavy atom. The van der Waals surface area contributed by atoms with Crippen LogP contribution in [0.3, 0.4) is 0 Å². The molecule has 1 amide bonds. The minimum atomic E-state index is -0.506. The number of methoxy groups -OCH3 is 2. The number of alkyl carbamates (subject to hydrolysis) is 1. The summed E-state index contributed by atoms with van der Waals surface area (Å²) in [4.78, 5) is 23.7. The third-order valence-corrected chi connectivity index (χ3v) is 5.90. The number of carbonyl (C=O) groups excluding carboxylic acids is 1. The molecule has 1 aromatic carbocycles. The average Bonchev–Trinajstić information content (AvgIpc) is 3.21. The number of rotatable bonds is 5. The number of hydrogen-bond donors (Lipinski definition) is 1. The van der Waals surface area contributed by atoms with Crippen molar-refractivity contribution in [3.05, 3.63) is 35.6 Å². The molecule has 0 unspecified atom stereocenters. The van der Waals surface area contributed by atoms with Crippen LogP contribution in [-0.4, -0.2) is 59.4 Å². The summed E-state index contributed by atoms with van der Waals surface area (Å²) in [6.45, 7) is 7.13. The smallest absolute Gasteiger partial charge is 0.407 e. The Bertz CT molecular complexity index is 1180. The van der Waals surface area contributed by atoms with E-state index >= 15 is 0 Å². The molecule has 182 valence electrons. The Morgan fingerprint density at radius 2 is 1.82 bits per heavy atom. The molecule has 1 aliphatic rings. The molecule has 1 saturated heterocycles. The normalized spacial score (nSPS) is 14.8. The highest BCUT2D eigenvalue weighted by atomic mass is 35.5. The third kappa shape index (κ3) is 5.30. The van der Waals surface area contributed by atoms with E-state index in [-0.39, 0.29) is 12.1 Å². The summed E-state index contributed by atoms with van der Waals surface area (Å²) in [6, 6.07) is 5.58. The zero-order chi connectivity index (χ0) is 24.5. The summed E-state index contributed by atoms with van der Waals surface area (Å²) >= 11 is 6.34. The molecule has 3 heterocycles. The predicted molar refractivity (Wildman–Crippen MR) is 131 cm³/mol. The van der Waals surface area contributed by atoms with E-state index in [0.29, 0.717) is 28.0 Å². The van der Waals surface area contributed by atoms with Crippen molar-refractivity contribution < 1.29 is 19.0 Å². The molecular weight excluding hydrogens is 458 g/mol. The SMILES string of the molecule is COc1cc(OC)c(-c2cn3ccc(N4CCC(NC(=O)OC(C)(C)C)CC4)nc3n2)cc1Cl. The predicted octanol–water partition coefficient (Wildman–Crippen LogP) is 4.56. The number of carbonyl (C=O) groups is 1. The Labute approximate surface area is 204 Å². The summed E-state index contributed by atoms with van der Waals surface area (Å²) in [5.41, 5.74) is 0.953. The van der Waals surface area contributed by atoms with Gasteiger partial charge in [-0.15, -0.1) is 0 Å². The first-order valence-electron chi connectivity index (χ1n) is 11.2. The largest absolute Gasteiger partial charge is 0.496 e. The lowest BCUT2D eigenvalue weighted by molar-refractivity contribution is 0.0497. The number of fused-ring (bicyclic) bond motifs is 1. The van der Waals surface area contributed by atoms with E-state index < -0.39 is 5.60 Å². The van der Waals surface area contributed by atoms with E-state index in [1.165, 1.54) is 0 Å². The van der Waals surface area contributed by atoms with Crippen LogP contribution in [0, 0.1) is 0 Å². The van der Waals surface area contributed by atoms with E-state index in [9.17, 15) is 4.79 Å². The number of aromatic nitrogens is 3. The Kier molecular flexibility index (Phi) is 6.74. The molecule has 0 bridgehead atoms. The van der Waals surface area contributed by atoms with Gasteiger partial charge in [0.1, 0.15) is 22.9 Å². The second-order valence-corrected chi connectivity index (χ2v) is 9.62. The zero-order valence-electron chi connectivity index (χ0n) is 20.1. The van der Waals surface area contributed by atoms with Gasteiger partial charge >= 0.3 is 6.09 Å². The van der Waals surface area contributed by atoms with Crippen LogP contribution >= 0.6 is 11.6 Å². The van der Waals surface area contributed by atoms with E-state index in [1.807, 2.05) is 43.6 Å². The highest BCUT2D eigenvalue weighted by Crippen LogP contribution is 2.38. The van der Waals surface area contributed by atoms with Crippen molar-refractivity contribution in [2.75, 3.05) is 32.2 Å². The number of hydrogen-bond acceptors (Lipinski definition) is 7. The van der Waals surface area contributed by atoms with Crippen LogP contribution < -0.4 is 19.7 Å². The fourth-order valence-electron chi connectivity index (χ4n) is 3.96. The Hall–Kier alpha value is -3.20. The first-order chi connectivity index (χ1) is 16.2. The number of halogens is 1. The van der Waals surface area contributed by atoms with Gasteiger partial charge in [0.05, 0.1) is 24.9 Å². The molecule has 34 heavy (non-hydrogen) atoms. The van der Waals surface area contributed by atoms with Gasteiger partial charge in [0.2, 0.25) is 5.78 Å². The quantitative estimate of drug-likeness (QED) is 0.564. The summed E-state index contributed by atoms with van der Waals surface area (Å²) in [5, 5.41) is 3.44. The summed E-state index contributed by atoms with van der Waals surface area (Å²) in [5.74, 6) is 2.58. The molecule has 4 rings (SSSR count). The Morgan fingerprint density at radius 1 is 1.12 bits per heavy atom. The molecule has 0 atom stereocenters. The minimum Gasteiger partial charge on any atom is -0.496 e. The van der Waals surface area contributed by atoms with Crippen molar-refractivity contribution in [2.24, 2.45) is 0 Å². The van der Waals surface area contributed by atoms with Crippen LogP contribution in [0.25, 0.3) is 17.0 Å². The number of anilines is 1. The van der Waals surface area contributed by atoms with Crippen LogP contribution in [0.2, 0.25) is 5.02 Å². The number of imidazole rings is 1. The van der Waals surface area contributed by atoms with Gasteiger partial charge < -0.3 is 24.4 Å². The lowest BCUT2D eigenvalue weighted by atomic mass is 10.1. The van der Waals surface area contributed by atoms with Gasteiger partial charge in [-0.3, -0.25) is 4.40 Å². The van der Waals surface area contributed by atoms with Crippen LogP contribution in [-0.2, 0) is 4.74 Å². The molecular formula is C24H30ClN5O4. The molecule has 9 nitrogen and oxygen atoms in total. The standard InChI is InChI=1S/C24H30ClN5O4/c1-24(2,3)34-23(31)26-15-6-9-29(10-7-15)21-8-11-30-14-18(27-22(30)28-21)16-12-17(25)20(33-5)13-19(16)32-4/h8,11-15H,6-7,9-10H2,1-5H3,(H,26,31). The molecule has 1 N–H and O–H groups in total. The lowest BCUT2D eigenvalue weighted by Crippen LogP contribution is -2.46. The van der Waals surface area contributed by atoms with Crippen molar-refractivity contribution in [3.63, 3.8) is 0 Å². The van der Waals surface area contributed by atoms with E-state index in [4.69, 9.17) is 35.8 Å². The number of ether oxygens (including phenoxy) is 3. The molecule has 3 aromatic rings. The molecule has 0 saturated carbocycles. The van der Waals surface area contributed by atoms with Crippen molar-refractivity contribution >= 4 is 29.3 Å². The van der Waals surface area contributed by atoms with Gasteiger partial charge in [-0.1, -0.05) is 11.6 Å². The fourth-order valence-corrected chi connectivity index (χ4v) is 4.20. The summed E-state index contributed by atoms with van der Waals surface area (Å²) in [7, 11) is 3.16. The fraction of sp³-hybridized carbons (Fsp3) is 0.458. The van der Waals surface area contributed by atoms with Gasteiger partial charge in [-0.25, -0.2) is 9.78 Å². The maximum atomic E-state index is 12.1. The van der Waals surface area contributed by atoms with Crippen molar-refractivity contribution in [1.82, 2.24) is 19.7 Å². The number of amides is 1. The van der Waals surface area contributed by atoms with E-state index in [1.54, 1.807) is 26.4 Å². The molecule has 10 heteroatoms. The molecule has 0 radical (unpaired) electrons. The average molecular weight is 488 g/mol. The topological polar surface area (TPSA) is 90.2 Å². The minimum absolute atomic E-state index is 0.0835. The van der Waals surface area contributed by atoms with Crippen molar-refractivity contribution in [3.8, 4) is 22.8 Å². The second-order valence-electron chi connectivity index (χ2n) is 9.21. The zero-order valence-corrected chi connectivity index (χ0v) is 20.8. The molecule has 1 fully saturated rings. The third-order valence-electron chi connectivity index (χ3n) is 5.60. The first kappa shape index (κ1) is 23.9. The number of nitrogens with one attached hydrogen (secondary N) is 1. The number of benzene rings is 1. The van der Waals surface area contributed by atoms with E-state index in [0.717, 1.165) is 37.3 Å². The van der Waals surface area contributed by atoms with Gasteiger partial charge in [0.25, 0.3) is 0 Å². The molecule has 0 spiro atoms. The maximum Gasteiger partial charge on any atom is 0.407 e. The van der Waals surface area contributed by atoms with Crippen molar-refractivity contribution in [1.29, 1.82) is 0 Å². The summed E-state index contributed by atoms with van der Waals surface area (Å²) < 4.78 is 18.0. The monoisotopic (exact) mass is 487 g/mol. The maximum absolute atomic E-state index is 12.1. The van der Waals surface area contributed by atoms with Crippen LogP contribution in [0.5, 0.6) is 11.5 Å². The first-order valence-corrected chi connectivity index (χ1v) is 11.6. The highest BCUT2D eigenvalue weighted by molar-refractivity contribution is 6.32. The van der Waals surface area contributed by atoms with Crippen LogP contribution in [0.1, 0.15) is 33.6 Å². The van der Waals surface area contributed by atoms with Crippen molar-refractivity contribution in [2.45, 2.75) is 45.3 Å². The second kappa shape index (κ2) is 9.58. The number of piperidine rings is 1. The summed E-state index contributed by atoms with van der Waals surface area (Å²) in [6.07, 6.45) is 5.09. The van der Waals surface area contributed by atoms with Gasteiger partial charge in [-0.05, 0) is 45.7 Å². The molecule has 0 aliphatic carbocycles. The lowest BCUT2D eigenvalue weighted by Gasteiger charge is -2.33. The van der Waals surface area contributed by atoms with Gasteiger partial charge in [-0.2, -0.15) is 4.98 Å². The highest BCUT2D eigenvalue weighted by Gasteiger charge is 2.24. The number of nitrogens with zero attached hydrogens (tertiary/aromatic N) is 4. The molecule has 1 aliphatic heterocycles. The van der Waals surface area contributed by atoms with Crippen LogP contribution in [0.15, 0.2) is 30.6 Å². The molecule has 2 aromatic heterocycles. The van der Waals surface area contributed by atoms with Crippen LogP contribution in [0.4, 0.5) is 10.6 Å².